The van der Waals surface area contributed by atoms with E-state index in [-0.39, 0.29) is 5.70 Å². The molecule has 194 valence electrons. The fourth-order valence-electron chi connectivity index (χ4n) is 3.98. The van der Waals surface area contributed by atoms with Gasteiger partial charge in [0.2, 0.25) is 0 Å². The average molecular weight is 521 g/mol. The van der Waals surface area contributed by atoms with E-state index in [2.05, 4.69) is 15.0 Å². The highest BCUT2D eigenvalue weighted by atomic mass is 19.4. The van der Waals surface area contributed by atoms with Crippen molar-refractivity contribution in [3.8, 4) is 5.75 Å². The molecule has 0 saturated heterocycles. The highest BCUT2D eigenvalue weighted by Gasteiger charge is 2.38. The first-order valence-corrected chi connectivity index (χ1v) is 11.0. The van der Waals surface area contributed by atoms with Gasteiger partial charge >= 0.3 is 12.5 Å². The summed E-state index contributed by atoms with van der Waals surface area (Å²) in [4.78, 5) is 18.4. The monoisotopic (exact) mass is 521 g/mol. The van der Waals surface area contributed by atoms with Crippen LogP contribution in [0.3, 0.4) is 0 Å². The van der Waals surface area contributed by atoms with Gasteiger partial charge in [-0.1, -0.05) is 36.4 Å². The van der Waals surface area contributed by atoms with Crippen molar-refractivity contribution in [2.24, 2.45) is 0 Å². The van der Waals surface area contributed by atoms with Gasteiger partial charge in [0.15, 0.2) is 0 Å². The second-order valence-electron chi connectivity index (χ2n) is 8.83. The molecule has 1 aliphatic rings. The molecule has 0 fully saturated rings. The Bertz CT molecular complexity index is 1290. The molecule has 37 heavy (non-hydrogen) atoms. The molecule has 1 amide bonds. The minimum absolute atomic E-state index is 0.175. The maximum atomic E-state index is 13.5. The normalized spacial score (nSPS) is 16.5. The molecule has 0 aliphatic carbocycles. The number of hydrogen-bond donors (Lipinski definition) is 1. The van der Waals surface area contributed by atoms with E-state index in [4.69, 9.17) is 0 Å². The number of rotatable bonds is 6. The smallest absolute Gasteiger partial charge is 0.406 e. The number of aromatic nitrogens is 1. The Kier molecular flexibility index (Phi) is 6.66. The van der Waals surface area contributed by atoms with Gasteiger partial charge in [-0.25, -0.2) is 0 Å². The predicted molar refractivity (Wildman–Crippen MR) is 123 cm³/mol. The van der Waals surface area contributed by atoms with E-state index < -0.39 is 41.5 Å². The predicted octanol–water partition coefficient (Wildman–Crippen LogP) is 6.50. The van der Waals surface area contributed by atoms with Gasteiger partial charge in [-0.3, -0.25) is 14.7 Å². The Morgan fingerprint density at radius 1 is 0.892 bits per heavy atom. The molecule has 1 aliphatic heterocycles. The van der Waals surface area contributed by atoms with Crippen molar-refractivity contribution in [3.63, 3.8) is 0 Å². The maximum absolute atomic E-state index is 13.5. The van der Waals surface area contributed by atoms with Crippen molar-refractivity contribution in [2.75, 3.05) is 4.90 Å². The molecule has 3 aromatic rings. The van der Waals surface area contributed by atoms with Gasteiger partial charge in [0.05, 0.1) is 17.3 Å². The fraction of sp³-hybridized carbons (Fsp3) is 0.231. The number of hydrogen-bond acceptors (Lipinski definition) is 4. The Morgan fingerprint density at radius 3 is 2.08 bits per heavy atom. The molecular formula is C26H21F6N3O2. The van der Waals surface area contributed by atoms with Crippen molar-refractivity contribution in [3.05, 3.63) is 102 Å². The van der Waals surface area contributed by atoms with Gasteiger partial charge in [-0.15, -0.1) is 13.2 Å². The number of carbonyl (C=O) groups is 1. The Labute approximate surface area is 208 Å². The van der Waals surface area contributed by atoms with Crippen LogP contribution in [-0.2, 0) is 16.5 Å². The van der Waals surface area contributed by atoms with E-state index in [1.165, 1.54) is 23.1 Å². The third-order valence-electron chi connectivity index (χ3n) is 5.76. The van der Waals surface area contributed by atoms with Crippen LogP contribution in [0.5, 0.6) is 5.75 Å². The average Bonchev–Trinajstić information content (AvgIpc) is 3.14. The van der Waals surface area contributed by atoms with Gasteiger partial charge in [0, 0.05) is 11.9 Å². The van der Waals surface area contributed by atoms with Crippen molar-refractivity contribution < 1.29 is 35.9 Å². The summed E-state index contributed by atoms with van der Waals surface area (Å²) in [6.07, 6.45) is -6.67. The van der Waals surface area contributed by atoms with E-state index in [1.807, 2.05) is 0 Å². The summed E-state index contributed by atoms with van der Waals surface area (Å²) < 4.78 is 80.3. The Morgan fingerprint density at radius 2 is 1.54 bits per heavy atom. The first-order valence-electron chi connectivity index (χ1n) is 11.0. The van der Waals surface area contributed by atoms with Crippen LogP contribution in [0.25, 0.3) is 0 Å². The molecule has 1 unspecified atom stereocenters. The van der Waals surface area contributed by atoms with Crippen LogP contribution in [0.1, 0.15) is 36.7 Å². The van der Waals surface area contributed by atoms with Crippen molar-refractivity contribution in [1.82, 2.24) is 10.3 Å². The van der Waals surface area contributed by atoms with Gasteiger partial charge in [-0.05, 0) is 61.4 Å². The lowest BCUT2D eigenvalue weighted by molar-refractivity contribution is -0.274. The Hall–Kier alpha value is -4.02. The van der Waals surface area contributed by atoms with Crippen LogP contribution in [0.2, 0.25) is 0 Å². The first kappa shape index (κ1) is 26.1. The lowest BCUT2D eigenvalue weighted by Gasteiger charge is -2.29. The minimum Gasteiger partial charge on any atom is -0.406 e. The molecule has 0 saturated carbocycles. The third kappa shape index (κ3) is 5.87. The first-order chi connectivity index (χ1) is 17.2. The molecule has 1 aromatic heterocycles. The molecule has 0 spiro atoms. The second-order valence-corrected chi connectivity index (χ2v) is 8.83. The van der Waals surface area contributed by atoms with Crippen molar-refractivity contribution in [2.45, 2.75) is 38.0 Å². The fourth-order valence-corrected chi connectivity index (χ4v) is 3.98. The molecule has 4 rings (SSSR count). The number of benzene rings is 2. The second kappa shape index (κ2) is 9.45. The summed E-state index contributed by atoms with van der Waals surface area (Å²) in [5.74, 6) is -0.896. The number of carbonyl (C=O) groups excluding carboxylic acids is 1. The molecule has 0 bridgehead atoms. The number of halogens is 6. The molecule has 11 heteroatoms. The molecule has 0 radical (unpaired) electrons. The number of nitrogens with zero attached hydrogens (tertiary/aromatic N) is 2. The summed E-state index contributed by atoms with van der Waals surface area (Å²) >= 11 is 0. The quantitative estimate of drug-likeness (QED) is 0.377. The number of nitrogens with one attached hydrogen (secondary N) is 1. The summed E-state index contributed by atoms with van der Waals surface area (Å²) in [5.41, 5.74) is -0.351. The van der Waals surface area contributed by atoms with Crippen LogP contribution in [0.4, 0.5) is 32.0 Å². The van der Waals surface area contributed by atoms with Crippen molar-refractivity contribution in [1.29, 1.82) is 0 Å². The zero-order chi connectivity index (χ0) is 27.0. The topological polar surface area (TPSA) is 54.5 Å². The zero-order valence-electron chi connectivity index (χ0n) is 19.6. The van der Waals surface area contributed by atoms with Crippen LogP contribution in [-0.4, -0.2) is 17.3 Å². The van der Waals surface area contributed by atoms with E-state index in [9.17, 15) is 31.1 Å². The number of amides is 1. The van der Waals surface area contributed by atoms with Crippen LogP contribution in [0.15, 0.2) is 84.7 Å². The van der Waals surface area contributed by atoms with Crippen LogP contribution in [0, 0.1) is 0 Å². The molecule has 2 heterocycles. The number of alkyl halides is 6. The summed E-state index contributed by atoms with van der Waals surface area (Å²) in [5, 5.41) is 3.10. The van der Waals surface area contributed by atoms with Crippen LogP contribution < -0.4 is 15.0 Å². The van der Waals surface area contributed by atoms with Gasteiger partial charge in [0.1, 0.15) is 11.4 Å². The molecular weight excluding hydrogens is 500 g/mol. The number of pyridine rings is 1. The Balaban J connectivity index is 1.64. The van der Waals surface area contributed by atoms with Gasteiger partial charge in [0.25, 0.3) is 5.91 Å². The largest absolute Gasteiger partial charge is 0.573 e. The molecule has 2 aromatic carbocycles. The third-order valence-corrected chi connectivity index (χ3v) is 5.76. The standard InChI is InChI=1S/C26H21F6N3O2/c1-24(2,17-8-13-22(33-15-17)25(27,28)29)34-20-14-21(16-6-4-3-5-7-16)35(23(20)36)18-9-11-19(12-10-18)37-26(30,31)32/h3-15,21,34H,1-2H3. The van der Waals surface area contributed by atoms with Gasteiger partial charge in [-0.2, -0.15) is 13.2 Å². The summed E-state index contributed by atoms with van der Waals surface area (Å²) in [6.45, 7) is 3.38. The summed E-state index contributed by atoms with van der Waals surface area (Å²) in [7, 11) is 0. The van der Waals surface area contributed by atoms with E-state index in [0.29, 0.717) is 11.3 Å². The number of ether oxygens (including phenoxy) is 1. The van der Waals surface area contributed by atoms with Crippen molar-refractivity contribution >= 4 is 11.6 Å². The highest BCUT2D eigenvalue weighted by molar-refractivity contribution is 6.09. The molecule has 1 N–H and O–H groups in total. The van der Waals surface area contributed by atoms with Gasteiger partial charge < -0.3 is 10.1 Å². The minimum atomic E-state index is -4.85. The molecule has 5 nitrogen and oxygen atoms in total. The lowest BCUT2D eigenvalue weighted by atomic mass is 9.95. The summed E-state index contributed by atoms with van der Waals surface area (Å²) in [6, 6.07) is 15.5. The van der Waals surface area contributed by atoms with E-state index in [0.717, 1.165) is 30.0 Å². The van der Waals surface area contributed by atoms with Crippen LogP contribution >= 0.6 is 0 Å². The lowest BCUT2D eigenvalue weighted by Crippen LogP contribution is -2.40. The van der Waals surface area contributed by atoms with E-state index >= 15 is 0 Å². The number of anilines is 1. The molecule has 1 atom stereocenters. The SMILES string of the molecule is CC(C)(NC1=CC(c2ccccc2)N(c2ccc(OC(F)(F)F)cc2)C1=O)c1ccc(C(F)(F)F)nc1. The maximum Gasteiger partial charge on any atom is 0.573 e. The highest BCUT2D eigenvalue weighted by Crippen LogP contribution is 2.38. The van der Waals surface area contributed by atoms with E-state index in [1.54, 1.807) is 50.3 Å². The zero-order valence-corrected chi connectivity index (χ0v) is 19.6.